The monoisotopic (exact) mass is 347 g/mol. The second-order valence-corrected chi connectivity index (χ2v) is 5.63. The molecule has 0 fully saturated rings. The van der Waals surface area contributed by atoms with Crippen molar-refractivity contribution >= 4 is 33.3 Å². The van der Waals surface area contributed by atoms with Crippen LogP contribution in [0.1, 0.15) is 29.3 Å². The highest BCUT2D eigenvalue weighted by Crippen LogP contribution is 2.18. The first-order chi connectivity index (χ1) is 10.1. The molecule has 0 aliphatic rings. The number of pyridine rings is 1. The summed E-state index contributed by atoms with van der Waals surface area (Å²) in [6, 6.07) is 9.26. The number of aromatic nitrogens is 1. The summed E-state index contributed by atoms with van der Waals surface area (Å²) in [5.41, 5.74) is 2.66. The van der Waals surface area contributed by atoms with Gasteiger partial charge in [0.1, 0.15) is 5.82 Å². The van der Waals surface area contributed by atoms with Gasteiger partial charge in [0, 0.05) is 28.5 Å². The molecule has 0 atom stereocenters. The zero-order valence-electron chi connectivity index (χ0n) is 12.1. The zero-order chi connectivity index (χ0) is 15.2. The topological polar surface area (TPSA) is 54.0 Å². The Hall–Kier alpha value is -1.88. The number of benzene rings is 1. The maximum atomic E-state index is 12.2. The molecule has 0 radical (unpaired) electrons. The lowest BCUT2D eigenvalue weighted by Gasteiger charge is -2.08. The van der Waals surface area contributed by atoms with Crippen molar-refractivity contribution in [2.75, 3.05) is 17.2 Å². The number of anilines is 2. The molecule has 2 N–H and O–H groups in total. The summed E-state index contributed by atoms with van der Waals surface area (Å²) < 4.78 is 0.923. The Labute approximate surface area is 133 Å². The van der Waals surface area contributed by atoms with E-state index in [1.54, 1.807) is 18.3 Å². The van der Waals surface area contributed by atoms with E-state index in [-0.39, 0.29) is 5.91 Å². The first-order valence-electron chi connectivity index (χ1n) is 6.87. The van der Waals surface area contributed by atoms with E-state index in [1.165, 1.54) is 0 Å². The van der Waals surface area contributed by atoms with E-state index in [0.29, 0.717) is 11.4 Å². The third-order valence-corrected chi connectivity index (χ3v) is 3.84. The number of carbonyl (C=O) groups is 1. The molecule has 2 aromatic rings. The molecule has 5 heteroatoms. The van der Waals surface area contributed by atoms with Crippen molar-refractivity contribution in [3.05, 3.63) is 52.1 Å². The van der Waals surface area contributed by atoms with Crippen LogP contribution >= 0.6 is 15.9 Å². The van der Waals surface area contributed by atoms with Crippen LogP contribution in [-0.4, -0.2) is 17.4 Å². The minimum atomic E-state index is -0.161. The number of nitrogens with one attached hydrogen (secondary N) is 2. The van der Waals surface area contributed by atoms with Crippen LogP contribution in [0.4, 0.5) is 11.5 Å². The third kappa shape index (κ3) is 4.29. The van der Waals surface area contributed by atoms with E-state index < -0.39 is 0 Å². The largest absolute Gasteiger partial charge is 0.385 e. The minimum Gasteiger partial charge on any atom is -0.385 e. The van der Waals surface area contributed by atoms with Crippen molar-refractivity contribution in [3.8, 4) is 0 Å². The van der Waals surface area contributed by atoms with Crippen molar-refractivity contribution in [3.63, 3.8) is 0 Å². The SMILES string of the molecule is CCCNc1ccc(C(=O)Nc2cc(C)c(Br)cn2)cc1. The molecule has 110 valence electrons. The molecule has 1 heterocycles. The summed E-state index contributed by atoms with van der Waals surface area (Å²) in [5.74, 6) is 0.389. The maximum Gasteiger partial charge on any atom is 0.256 e. The quantitative estimate of drug-likeness (QED) is 0.850. The van der Waals surface area contributed by atoms with Gasteiger partial charge in [0.15, 0.2) is 0 Å². The van der Waals surface area contributed by atoms with E-state index in [4.69, 9.17) is 0 Å². The fourth-order valence-electron chi connectivity index (χ4n) is 1.80. The van der Waals surface area contributed by atoms with E-state index in [1.807, 2.05) is 25.1 Å². The molecule has 0 saturated carbocycles. The van der Waals surface area contributed by atoms with Crippen molar-refractivity contribution < 1.29 is 4.79 Å². The molecule has 1 amide bonds. The van der Waals surface area contributed by atoms with Gasteiger partial charge >= 0.3 is 0 Å². The smallest absolute Gasteiger partial charge is 0.256 e. The van der Waals surface area contributed by atoms with Gasteiger partial charge in [-0.15, -0.1) is 0 Å². The molecule has 0 unspecified atom stereocenters. The molecule has 1 aromatic carbocycles. The number of rotatable bonds is 5. The number of carbonyl (C=O) groups excluding carboxylic acids is 1. The molecule has 1 aromatic heterocycles. The van der Waals surface area contributed by atoms with E-state index in [2.05, 4.69) is 38.5 Å². The fraction of sp³-hybridized carbons (Fsp3) is 0.250. The van der Waals surface area contributed by atoms with Gasteiger partial charge in [-0.3, -0.25) is 4.79 Å². The van der Waals surface area contributed by atoms with Gasteiger partial charge in [-0.1, -0.05) is 6.92 Å². The predicted molar refractivity (Wildman–Crippen MR) is 89.8 cm³/mol. The van der Waals surface area contributed by atoms with Gasteiger partial charge in [-0.2, -0.15) is 0 Å². The van der Waals surface area contributed by atoms with Crippen LogP contribution in [0, 0.1) is 6.92 Å². The van der Waals surface area contributed by atoms with Crippen LogP contribution in [0.15, 0.2) is 41.0 Å². The maximum absolute atomic E-state index is 12.2. The molecule has 2 rings (SSSR count). The summed E-state index contributed by atoms with van der Waals surface area (Å²) >= 11 is 3.39. The molecule has 0 aliphatic heterocycles. The van der Waals surface area contributed by atoms with Crippen molar-refractivity contribution in [1.29, 1.82) is 0 Å². The fourth-order valence-corrected chi connectivity index (χ4v) is 2.02. The average molecular weight is 348 g/mol. The van der Waals surface area contributed by atoms with Gasteiger partial charge < -0.3 is 10.6 Å². The Morgan fingerprint density at radius 1 is 1.29 bits per heavy atom. The number of hydrogen-bond donors (Lipinski definition) is 2. The van der Waals surface area contributed by atoms with E-state index in [9.17, 15) is 4.79 Å². The molecule has 0 bridgehead atoms. The molecule has 0 aliphatic carbocycles. The van der Waals surface area contributed by atoms with Crippen LogP contribution in [0.5, 0.6) is 0 Å². The number of halogens is 1. The van der Waals surface area contributed by atoms with Crippen molar-refractivity contribution in [2.24, 2.45) is 0 Å². The Bertz CT molecular complexity index is 626. The van der Waals surface area contributed by atoms with Crippen molar-refractivity contribution in [1.82, 2.24) is 4.98 Å². The molecule has 4 nitrogen and oxygen atoms in total. The lowest BCUT2D eigenvalue weighted by Crippen LogP contribution is -2.13. The number of amides is 1. The number of aryl methyl sites for hydroxylation is 1. The average Bonchev–Trinajstić information content (AvgIpc) is 2.49. The number of hydrogen-bond acceptors (Lipinski definition) is 3. The summed E-state index contributed by atoms with van der Waals surface area (Å²) in [5, 5.41) is 6.07. The normalized spacial score (nSPS) is 10.2. The lowest BCUT2D eigenvalue weighted by molar-refractivity contribution is 0.102. The first-order valence-corrected chi connectivity index (χ1v) is 7.67. The summed E-state index contributed by atoms with van der Waals surface area (Å²) in [4.78, 5) is 16.3. The highest BCUT2D eigenvalue weighted by molar-refractivity contribution is 9.10. The van der Waals surface area contributed by atoms with Crippen LogP contribution in [0.3, 0.4) is 0 Å². The van der Waals surface area contributed by atoms with Gasteiger partial charge in [-0.05, 0) is 65.2 Å². The minimum absolute atomic E-state index is 0.161. The molecule has 21 heavy (non-hydrogen) atoms. The van der Waals surface area contributed by atoms with Crippen molar-refractivity contribution in [2.45, 2.75) is 20.3 Å². The van der Waals surface area contributed by atoms with Gasteiger partial charge in [0.2, 0.25) is 0 Å². The highest BCUT2D eigenvalue weighted by Gasteiger charge is 2.07. The molecular weight excluding hydrogens is 330 g/mol. The second kappa shape index (κ2) is 7.22. The molecular formula is C16H18BrN3O. The Morgan fingerprint density at radius 2 is 2.00 bits per heavy atom. The zero-order valence-corrected chi connectivity index (χ0v) is 13.7. The Morgan fingerprint density at radius 3 is 2.62 bits per heavy atom. The second-order valence-electron chi connectivity index (χ2n) is 4.78. The Balaban J connectivity index is 2.04. The summed E-state index contributed by atoms with van der Waals surface area (Å²) in [7, 11) is 0. The Kier molecular flexibility index (Phi) is 5.33. The van der Waals surface area contributed by atoms with Crippen LogP contribution in [0.25, 0.3) is 0 Å². The van der Waals surface area contributed by atoms with Crippen LogP contribution in [-0.2, 0) is 0 Å². The summed E-state index contributed by atoms with van der Waals surface area (Å²) in [6.07, 6.45) is 2.75. The van der Waals surface area contributed by atoms with Gasteiger partial charge in [0.05, 0.1) is 0 Å². The standard InChI is InChI=1S/C16H18BrN3O/c1-3-8-18-13-6-4-12(5-7-13)16(21)20-15-9-11(2)14(17)10-19-15/h4-7,9-10,18H,3,8H2,1-2H3,(H,19,20,21). The van der Waals surface area contributed by atoms with Gasteiger partial charge in [-0.25, -0.2) is 4.98 Å². The summed E-state index contributed by atoms with van der Waals surface area (Å²) in [6.45, 7) is 4.99. The van der Waals surface area contributed by atoms with Gasteiger partial charge in [0.25, 0.3) is 5.91 Å². The van der Waals surface area contributed by atoms with Crippen LogP contribution in [0.2, 0.25) is 0 Å². The lowest BCUT2D eigenvalue weighted by atomic mass is 10.2. The molecule has 0 spiro atoms. The highest BCUT2D eigenvalue weighted by atomic mass is 79.9. The third-order valence-electron chi connectivity index (χ3n) is 3.01. The predicted octanol–water partition coefficient (Wildman–Crippen LogP) is 4.23. The van der Waals surface area contributed by atoms with E-state index in [0.717, 1.165) is 28.7 Å². The van der Waals surface area contributed by atoms with E-state index >= 15 is 0 Å². The number of nitrogens with zero attached hydrogens (tertiary/aromatic N) is 1. The molecule has 0 saturated heterocycles. The van der Waals surface area contributed by atoms with Crippen LogP contribution < -0.4 is 10.6 Å². The first kappa shape index (κ1) is 15.5.